The van der Waals surface area contributed by atoms with Gasteiger partial charge in [-0.2, -0.15) is 17.0 Å². The lowest BCUT2D eigenvalue weighted by atomic mass is 10.1. The van der Waals surface area contributed by atoms with Crippen LogP contribution in [-0.4, -0.2) is 17.8 Å². The summed E-state index contributed by atoms with van der Waals surface area (Å²) in [5.74, 6) is 1.87. The number of aryl methyl sites for hydroxylation is 2. The highest BCUT2D eigenvalue weighted by Crippen LogP contribution is 2.21. The maximum Gasteiger partial charge on any atom is 0.105 e. The Bertz CT molecular complexity index is 426. The van der Waals surface area contributed by atoms with Gasteiger partial charge in [0.05, 0.1) is 6.07 Å². The first-order valence-corrected chi connectivity index (χ1v) is 7.63. The van der Waals surface area contributed by atoms with Crippen molar-refractivity contribution in [3.8, 4) is 6.07 Å². The van der Waals surface area contributed by atoms with E-state index in [2.05, 4.69) is 43.4 Å². The third kappa shape index (κ3) is 4.36. The first-order chi connectivity index (χ1) is 8.67. The quantitative estimate of drug-likeness (QED) is 0.853. The van der Waals surface area contributed by atoms with Crippen LogP contribution in [0.4, 0.5) is 0 Å². The van der Waals surface area contributed by atoms with Crippen LogP contribution in [0.5, 0.6) is 0 Å². The minimum Gasteiger partial charge on any atom is -0.298 e. The van der Waals surface area contributed by atoms with Crippen molar-refractivity contribution in [2.75, 3.05) is 5.75 Å². The molecule has 1 saturated carbocycles. The Labute approximate surface area is 114 Å². The van der Waals surface area contributed by atoms with Crippen molar-refractivity contribution in [1.82, 2.24) is 5.32 Å². The molecule has 2 rings (SSSR count). The molecule has 0 heterocycles. The summed E-state index contributed by atoms with van der Waals surface area (Å²) in [5, 5.41) is 12.4. The maximum absolute atomic E-state index is 9.06. The molecular weight excluding hydrogens is 240 g/mol. The highest BCUT2D eigenvalue weighted by Gasteiger charge is 2.24. The van der Waals surface area contributed by atoms with Gasteiger partial charge in [0.2, 0.25) is 0 Å². The van der Waals surface area contributed by atoms with Gasteiger partial charge in [-0.1, -0.05) is 29.3 Å². The van der Waals surface area contributed by atoms with Crippen molar-refractivity contribution in [3.63, 3.8) is 0 Å². The van der Waals surface area contributed by atoms with Gasteiger partial charge in [-0.3, -0.25) is 5.32 Å². The minimum absolute atomic E-state index is 0.00778. The van der Waals surface area contributed by atoms with Crippen LogP contribution in [0.2, 0.25) is 0 Å². The van der Waals surface area contributed by atoms with Crippen molar-refractivity contribution in [2.45, 2.75) is 44.5 Å². The van der Waals surface area contributed by atoms with Crippen LogP contribution in [0.1, 0.15) is 29.5 Å². The second-order valence-corrected chi connectivity index (χ2v) is 6.16. The van der Waals surface area contributed by atoms with E-state index in [1.807, 2.05) is 11.8 Å². The van der Waals surface area contributed by atoms with E-state index >= 15 is 0 Å². The Hall–Kier alpha value is -0.980. The molecule has 96 valence electrons. The topological polar surface area (TPSA) is 35.8 Å². The van der Waals surface area contributed by atoms with E-state index < -0.39 is 0 Å². The Morgan fingerprint density at radius 2 is 2.00 bits per heavy atom. The Balaban J connectivity index is 1.78. The molecule has 0 spiro atoms. The molecule has 3 heteroatoms. The predicted molar refractivity (Wildman–Crippen MR) is 77.6 cm³/mol. The molecule has 1 aliphatic rings. The van der Waals surface area contributed by atoms with E-state index in [0.29, 0.717) is 6.04 Å². The highest BCUT2D eigenvalue weighted by atomic mass is 32.2. The molecule has 0 aromatic heterocycles. The van der Waals surface area contributed by atoms with Gasteiger partial charge in [-0.25, -0.2) is 0 Å². The number of thioether (sulfide) groups is 1. The van der Waals surface area contributed by atoms with Crippen LogP contribution in [0.15, 0.2) is 18.2 Å². The Morgan fingerprint density at radius 3 is 2.56 bits per heavy atom. The van der Waals surface area contributed by atoms with Crippen molar-refractivity contribution in [1.29, 1.82) is 5.26 Å². The molecule has 1 aromatic rings. The van der Waals surface area contributed by atoms with E-state index in [9.17, 15) is 0 Å². The van der Waals surface area contributed by atoms with E-state index in [-0.39, 0.29) is 6.04 Å². The summed E-state index contributed by atoms with van der Waals surface area (Å²) in [5.41, 5.74) is 4.00. The molecule has 0 amide bonds. The average molecular weight is 260 g/mol. The second-order valence-electron chi connectivity index (χ2n) is 5.13. The molecule has 0 bridgehead atoms. The monoisotopic (exact) mass is 260 g/mol. The lowest BCUT2D eigenvalue weighted by Gasteiger charge is -2.10. The second kappa shape index (κ2) is 6.26. The smallest absolute Gasteiger partial charge is 0.105 e. The van der Waals surface area contributed by atoms with Crippen LogP contribution in [0.3, 0.4) is 0 Å². The zero-order valence-electron chi connectivity index (χ0n) is 11.1. The molecule has 0 aliphatic heterocycles. The number of hydrogen-bond donors (Lipinski definition) is 1. The lowest BCUT2D eigenvalue weighted by Crippen LogP contribution is -2.31. The summed E-state index contributed by atoms with van der Waals surface area (Å²) in [6, 6.07) is 9.63. The van der Waals surface area contributed by atoms with Crippen molar-refractivity contribution in [2.24, 2.45) is 0 Å². The molecule has 1 N–H and O–H groups in total. The molecule has 1 fully saturated rings. The summed E-state index contributed by atoms with van der Waals surface area (Å²) in [6.45, 7) is 4.27. The van der Waals surface area contributed by atoms with E-state index in [1.54, 1.807) is 0 Å². The number of hydrogen-bond acceptors (Lipinski definition) is 3. The van der Waals surface area contributed by atoms with Crippen molar-refractivity contribution >= 4 is 11.8 Å². The molecule has 0 saturated heterocycles. The van der Waals surface area contributed by atoms with Crippen LogP contribution in [0.25, 0.3) is 0 Å². The number of nitrogens with one attached hydrogen (secondary N) is 1. The third-order valence-electron chi connectivity index (χ3n) is 3.00. The van der Waals surface area contributed by atoms with Crippen molar-refractivity contribution in [3.05, 3.63) is 34.9 Å². The average Bonchev–Trinajstić information content (AvgIpc) is 3.10. The number of rotatable bonds is 6. The van der Waals surface area contributed by atoms with E-state index in [4.69, 9.17) is 5.26 Å². The van der Waals surface area contributed by atoms with Gasteiger partial charge in [0, 0.05) is 17.5 Å². The van der Waals surface area contributed by atoms with Crippen LogP contribution in [-0.2, 0) is 5.75 Å². The predicted octanol–water partition coefficient (Wildman–Crippen LogP) is 3.18. The molecule has 1 atom stereocenters. The van der Waals surface area contributed by atoms with Gasteiger partial charge in [-0.15, -0.1) is 0 Å². The molecule has 1 aromatic carbocycles. The Kier molecular flexibility index (Phi) is 4.68. The van der Waals surface area contributed by atoms with Gasteiger partial charge in [0.1, 0.15) is 6.04 Å². The third-order valence-corrected chi connectivity index (χ3v) is 4.11. The highest BCUT2D eigenvalue weighted by molar-refractivity contribution is 7.98. The standard InChI is InChI=1S/C15H20N2S/c1-11-5-12(2)7-13(6-11)9-18-10-15(8-16)17-14-3-4-14/h5-7,14-15,17H,3-4,9-10H2,1-2H3. The fourth-order valence-corrected chi connectivity index (χ4v) is 3.03. The molecule has 0 radical (unpaired) electrons. The maximum atomic E-state index is 9.06. The van der Waals surface area contributed by atoms with E-state index in [1.165, 1.54) is 29.5 Å². The first-order valence-electron chi connectivity index (χ1n) is 6.48. The van der Waals surface area contributed by atoms with Gasteiger partial charge in [0.15, 0.2) is 0 Å². The van der Waals surface area contributed by atoms with Crippen LogP contribution >= 0.6 is 11.8 Å². The fourth-order valence-electron chi connectivity index (χ4n) is 2.10. The fraction of sp³-hybridized carbons (Fsp3) is 0.533. The van der Waals surface area contributed by atoms with Crippen molar-refractivity contribution < 1.29 is 0 Å². The molecule has 1 aliphatic carbocycles. The molecule has 2 nitrogen and oxygen atoms in total. The summed E-state index contributed by atoms with van der Waals surface area (Å²) in [4.78, 5) is 0. The van der Waals surface area contributed by atoms with Gasteiger partial charge < -0.3 is 0 Å². The molecule has 1 unspecified atom stereocenters. The summed E-state index contributed by atoms with van der Waals surface area (Å²) in [6.07, 6.45) is 2.47. The van der Waals surface area contributed by atoms with Crippen LogP contribution in [0, 0.1) is 25.2 Å². The molecule has 18 heavy (non-hydrogen) atoms. The van der Waals surface area contributed by atoms with Crippen LogP contribution < -0.4 is 5.32 Å². The molecular formula is C15H20N2S. The number of benzene rings is 1. The minimum atomic E-state index is 0.00778. The normalized spacial score (nSPS) is 16.3. The van der Waals surface area contributed by atoms with Gasteiger partial charge >= 0.3 is 0 Å². The SMILES string of the molecule is Cc1cc(C)cc(CSCC(C#N)NC2CC2)c1. The largest absolute Gasteiger partial charge is 0.298 e. The summed E-state index contributed by atoms with van der Waals surface area (Å²) in [7, 11) is 0. The zero-order chi connectivity index (χ0) is 13.0. The Morgan fingerprint density at radius 1 is 1.33 bits per heavy atom. The van der Waals surface area contributed by atoms with E-state index in [0.717, 1.165) is 11.5 Å². The summed E-state index contributed by atoms with van der Waals surface area (Å²) < 4.78 is 0. The zero-order valence-corrected chi connectivity index (χ0v) is 11.9. The number of nitriles is 1. The summed E-state index contributed by atoms with van der Waals surface area (Å²) >= 11 is 1.84. The van der Waals surface area contributed by atoms with Gasteiger partial charge in [-0.05, 0) is 32.3 Å². The first kappa shape index (κ1) is 13.5. The lowest BCUT2D eigenvalue weighted by molar-refractivity contribution is 0.644. The number of nitrogens with zero attached hydrogens (tertiary/aromatic N) is 1. The van der Waals surface area contributed by atoms with Gasteiger partial charge in [0.25, 0.3) is 0 Å².